The number of carbonyl (C=O) groups excluding carboxylic acids is 2. The van der Waals surface area contributed by atoms with Gasteiger partial charge in [-0.05, 0) is 68.1 Å². The fourth-order valence-electron chi connectivity index (χ4n) is 6.34. The second kappa shape index (κ2) is 9.06. The minimum atomic E-state index is -2.48. The highest BCUT2D eigenvalue weighted by Crippen LogP contribution is 2.44. The fourth-order valence-corrected chi connectivity index (χ4v) is 6.34. The number of fused-ring (bicyclic) bond motifs is 1. The van der Waals surface area contributed by atoms with Gasteiger partial charge in [0.15, 0.2) is 0 Å². The quantitative estimate of drug-likeness (QED) is 0.640. The Morgan fingerprint density at radius 1 is 1.21 bits per heavy atom. The highest BCUT2D eigenvalue weighted by molar-refractivity contribution is 6.01. The summed E-state index contributed by atoms with van der Waals surface area (Å²) < 4.78 is 26.7. The molecule has 184 valence electrons. The van der Waals surface area contributed by atoms with Crippen LogP contribution < -0.4 is 10.6 Å². The van der Waals surface area contributed by atoms with E-state index in [1.54, 1.807) is 4.90 Å². The van der Waals surface area contributed by atoms with Gasteiger partial charge < -0.3 is 15.5 Å². The van der Waals surface area contributed by atoms with Gasteiger partial charge in [-0.3, -0.25) is 9.59 Å². The second-order valence-electron chi connectivity index (χ2n) is 10.9. The maximum absolute atomic E-state index is 13.3. The molecular formula is C27H35F2N3O2. The predicted octanol–water partition coefficient (Wildman–Crippen LogP) is 4.56. The zero-order valence-corrected chi connectivity index (χ0v) is 19.9. The Labute approximate surface area is 200 Å². The van der Waals surface area contributed by atoms with Crippen LogP contribution in [0.1, 0.15) is 79.8 Å². The van der Waals surface area contributed by atoms with Gasteiger partial charge in [0.2, 0.25) is 11.8 Å². The van der Waals surface area contributed by atoms with Crippen molar-refractivity contribution in [2.45, 2.75) is 95.3 Å². The lowest BCUT2D eigenvalue weighted by Crippen LogP contribution is -2.52. The van der Waals surface area contributed by atoms with Gasteiger partial charge in [-0.2, -0.15) is 0 Å². The van der Waals surface area contributed by atoms with E-state index >= 15 is 0 Å². The monoisotopic (exact) mass is 471 g/mol. The lowest BCUT2D eigenvalue weighted by molar-refractivity contribution is -0.126. The van der Waals surface area contributed by atoms with E-state index in [0.717, 1.165) is 24.8 Å². The Morgan fingerprint density at radius 2 is 1.97 bits per heavy atom. The highest BCUT2D eigenvalue weighted by atomic mass is 19.3. The summed E-state index contributed by atoms with van der Waals surface area (Å²) in [7, 11) is 0. The molecule has 1 aromatic carbocycles. The van der Waals surface area contributed by atoms with E-state index < -0.39 is 12.0 Å². The molecule has 2 heterocycles. The van der Waals surface area contributed by atoms with E-state index in [1.165, 1.54) is 18.4 Å². The van der Waals surface area contributed by atoms with Gasteiger partial charge in [0.1, 0.15) is 6.04 Å². The summed E-state index contributed by atoms with van der Waals surface area (Å²) in [5.41, 5.74) is 3.60. The minimum Gasteiger partial charge on any atom is -0.329 e. The average Bonchev–Trinajstić information content (AvgIpc) is 3.09. The third-order valence-electron chi connectivity index (χ3n) is 8.41. The molecule has 2 saturated carbocycles. The van der Waals surface area contributed by atoms with Crippen LogP contribution in [0.3, 0.4) is 0 Å². The average molecular weight is 472 g/mol. The lowest BCUT2D eigenvalue weighted by atomic mass is 9.75. The molecule has 5 rings (SSSR count). The number of carbonyl (C=O) groups is 2. The summed E-state index contributed by atoms with van der Waals surface area (Å²) in [4.78, 5) is 27.1. The van der Waals surface area contributed by atoms with Crippen molar-refractivity contribution in [1.29, 1.82) is 0 Å². The molecule has 34 heavy (non-hydrogen) atoms. The molecule has 5 nitrogen and oxygen atoms in total. The molecule has 1 unspecified atom stereocenters. The molecular weight excluding hydrogens is 436 g/mol. The summed E-state index contributed by atoms with van der Waals surface area (Å²) in [5, 5.41) is 6.48. The molecule has 0 radical (unpaired) electrons. The van der Waals surface area contributed by atoms with Crippen LogP contribution in [0.25, 0.3) is 0 Å². The van der Waals surface area contributed by atoms with E-state index in [-0.39, 0.29) is 36.6 Å². The molecule has 1 aromatic rings. The first-order valence-electron chi connectivity index (χ1n) is 12.8. The normalized spacial score (nSPS) is 30.0. The summed E-state index contributed by atoms with van der Waals surface area (Å²) in [5.74, 6) is -2.18. The molecule has 1 saturated heterocycles. The number of nitrogens with one attached hydrogen (secondary N) is 2. The molecule has 3 fully saturated rings. The number of hydrogen-bond acceptors (Lipinski definition) is 3. The van der Waals surface area contributed by atoms with Crippen LogP contribution >= 0.6 is 0 Å². The van der Waals surface area contributed by atoms with Crippen molar-refractivity contribution in [3.8, 4) is 0 Å². The summed E-state index contributed by atoms with van der Waals surface area (Å²) in [6.45, 7) is 6.34. The van der Waals surface area contributed by atoms with Gasteiger partial charge in [-0.15, -0.1) is 0 Å². The first-order chi connectivity index (χ1) is 16.2. The standard InChI is InChI=1S/C27H35F2N3O2/c1-16-7-10-24(25(33)30-16)32-15-20-12-18(8-9-22(20)26(32)34)11-19-5-3-4-6-23(19)31-17(2)21-13-27(28,29)14-21/h8-9,12,17,19,21,23-24,31H,1,3-7,10-11,13-15H2,2H3,(H,30,33)/t17-,19+,23-,24?/m0/s1. The molecule has 2 amide bonds. The first-order valence-corrected chi connectivity index (χ1v) is 12.8. The number of nitrogens with zero attached hydrogens (tertiary/aromatic N) is 1. The van der Waals surface area contributed by atoms with E-state index in [1.807, 2.05) is 12.1 Å². The number of hydrogen-bond donors (Lipinski definition) is 2. The minimum absolute atomic E-state index is 0.00102. The van der Waals surface area contributed by atoms with Crippen LogP contribution in [-0.4, -0.2) is 40.8 Å². The van der Waals surface area contributed by atoms with Crippen LogP contribution in [0, 0.1) is 11.8 Å². The van der Waals surface area contributed by atoms with Crippen LogP contribution in [0.2, 0.25) is 0 Å². The fraction of sp³-hybridized carbons (Fsp3) is 0.630. The van der Waals surface area contributed by atoms with Crippen molar-refractivity contribution in [3.05, 3.63) is 47.2 Å². The molecule has 7 heteroatoms. The lowest BCUT2D eigenvalue weighted by Gasteiger charge is -2.42. The molecule has 2 aliphatic heterocycles. The van der Waals surface area contributed by atoms with Gasteiger partial charge in [-0.25, -0.2) is 8.78 Å². The third-order valence-corrected chi connectivity index (χ3v) is 8.41. The molecule has 4 aliphatic rings. The van der Waals surface area contributed by atoms with Gasteiger partial charge in [-0.1, -0.05) is 31.6 Å². The molecule has 2 N–H and O–H groups in total. The summed E-state index contributed by atoms with van der Waals surface area (Å²) in [6.07, 6.45) is 6.78. The SMILES string of the molecule is C=C1CCC(N2Cc3cc(C[C@H]4CCCC[C@@H]4N[C@@H](C)C4CC(F)(F)C4)ccc3C2=O)C(=O)N1. The van der Waals surface area contributed by atoms with Crippen LogP contribution in [-0.2, 0) is 17.8 Å². The molecule has 4 atom stereocenters. The van der Waals surface area contributed by atoms with Crippen molar-refractivity contribution >= 4 is 11.8 Å². The zero-order chi connectivity index (χ0) is 24.0. The molecule has 0 bridgehead atoms. The number of piperidine rings is 1. The van der Waals surface area contributed by atoms with E-state index in [0.29, 0.717) is 42.6 Å². The second-order valence-corrected chi connectivity index (χ2v) is 10.9. The van der Waals surface area contributed by atoms with Crippen LogP contribution in [0.15, 0.2) is 30.5 Å². The number of alkyl halides is 2. The van der Waals surface area contributed by atoms with E-state index in [9.17, 15) is 18.4 Å². The highest BCUT2D eigenvalue weighted by Gasteiger charge is 2.47. The van der Waals surface area contributed by atoms with Gasteiger partial charge >= 0.3 is 0 Å². The third kappa shape index (κ3) is 4.64. The summed E-state index contributed by atoms with van der Waals surface area (Å²) >= 11 is 0. The predicted molar refractivity (Wildman–Crippen MR) is 126 cm³/mol. The number of allylic oxidation sites excluding steroid dienone is 1. The van der Waals surface area contributed by atoms with E-state index in [4.69, 9.17) is 0 Å². The largest absolute Gasteiger partial charge is 0.329 e. The first kappa shape index (κ1) is 23.5. The van der Waals surface area contributed by atoms with Gasteiger partial charge in [0.25, 0.3) is 5.91 Å². The van der Waals surface area contributed by atoms with Crippen LogP contribution in [0.5, 0.6) is 0 Å². The number of amides is 2. The Hall–Kier alpha value is -2.28. The molecule has 2 aliphatic carbocycles. The number of halogens is 2. The maximum Gasteiger partial charge on any atom is 0.255 e. The van der Waals surface area contributed by atoms with Crippen molar-refractivity contribution in [1.82, 2.24) is 15.5 Å². The molecule has 0 aromatic heterocycles. The van der Waals surface area contributed by atoms with Crippen LogP contribution in [0.4, 0.5) is 8.78 Å². The van der Waals surface area contributed by atoms with Crippen molar-refractivity contribution in [3.63, 3.8) is 0 Å². The van der Waals surface area contributed by atoms with Crippen molar-refractivity contribution in [2.75, 3.05) is 0 Å². The maximum atomic E-state index is 13.3. The number of rotatable bonds is 6. The Bertz CT molecular complexity index is 986. The van der Waals surface area contributed by atoms with Gasteiger partial charge in [0, 0.05) is 42.7 Å². The Kier molecular flexibility index (Phi) is 6.25. The Morgan fingerprint density at radius 3 is 2.71 bits per heavy atom. The van der Waals surface area contributed by atoms with E-state index in [2.05, 4.69) is 30.2 Å². The van der Waals surface area contributed by atoms with Gasteiger partial charge in [0.05, 0.1) is 0 Å². The topological polar surface area (TPSA) is 61.4 Å². The molecule has 0 spiro atoms. The van der Waals surface area contributed by atoms with Crippen molar-refractivity contribution < 1.29 is 18.4 Å². The number of benzene rings is 1. The Balaban J connectivity index is 1.24. The van der Waals surface area contributed by atoms with Crippen molar-refractivity contribution in [2.24, 2.45) is 11.8 Å². The summed E-state index contributed by atoms with van der Waals surface area (Å²) in [6, 6.07) is 6.09. The smallest absolute Gasteiger partial charge is 0.255 e. The zero-order valence-electron chi connectivity index (χ0n) is 19.9.